The van der Waals surface area contributed by atoms with Gasteiger partial charge in [-0.3, -0.25) is 0 Å². The Labute approximate surface area is 128 Å². The molecule has 22 heavy (non-hydrogen) atoms. The molecule has 0 aliphatic heterocycles. The minimum Gasteiger partial charge on any atom is -0.395 e. The Hall–Kier alpha value is -2.21. The molecule has 1 aliphatic rings. The van der Waals surface area contributed by atoms with Crippen molar-refractivity contribution in [2.45, 2.75) is 25.7 Å². The minimum absolute atomic E-state index is 0.0247. The van der Waals surface area contributed by atoms with Crippen molar-refractivity contribution < 1.29 is 9.50 Å². The molecule has 1 fully saturated rings. The maximum Gasteiger partial charge on any atom is 0.224 e. The summed E-state index contributed by atoms with van der Waals surface area (Å²) in [6.07, 6.45) is 2.29. The van der Waals surface area contributed by atoms with Crippen LogP contribution in [0.3, 0.4) is 0 Å². The first-order valence-corrected chi connectivity index (χ1v) is 7.42. The van der Waals surface area contributed by atoms with Crippen molar-refractivity contribution in [3.8, 4) is 0 Å². The summed E-state index contributed by atoms with van der Waals surface area (Å²) in [6, 6.07) is 6.54. The predicted octanol–water partition coefficient (Wildman–Crippen LogP) is 2.95. The molecule has 1 saturated carbocycles. The van der Waals surface area contributed by atoms with E-state index < -0.39 is 0 Å². The smallest absolute Gasteiger partial charge is 0.224 e. The van der Waals surface area contributed by atoms with E-state index in [0.717, 1.165) is 29.8 Å². The number of benzene rings is 1. The van der Waals surface area contributed by atoms with Crippen LogP contribution in [-0.4, -0.2) is 28.2 Å². The van der Waals surface area contributed by atoms with E-state index in [4.69, 9.17) is 5.11 Å². The number of nitrogens with zero attached hydrogens (tertiary/aromatic N) is 2. The molecule has 5 nitrogen and oxygen atoms in total. The van der Waals surface area contributed by atoms with E-state index in [1.54, 1.807) is 6.07 Å². The number of rotatable bonds is 6. The SMILES string of the molecule is Cc1cc(F)ccc1Nc1cc(C2CC2)nc(NCCO)n1. The lowest BCUT2D eigenvalue weighted by Gasteiger charge is -2.12. The standard InChI is InChI=1S/C16H19FN4O/c1-10-8-12(17)4-5-13(10)19-15-9-14(11-2-3-11)20-16(21-15)18-6-7-22/h4-5,8-9,11,22H,2-3,6-7H2,1H3,(H2,18,19,20,21). The molecule has 0 spiro atoms. The van der Waals surface area contributed by atoms with Gasteiger partial charge in [0.25, 0.3) is 0 Å². The Morgan fingerprint density at radius 1 is 1.27 bits per heavy atom. The molecule has 116 valence electrons. The van der Waals surface area contributed by atoms with Crippen LogP contribution >= 0.6 is 0 Å². The largest absolute Gasteiger partial charge is 0.395 e. The minimum atomic E-state index is -0.255. The lowest BCUT2D eigenvalue weighted by atomic mass is 10.2. The highest BCUT2D eigenvalue weighted by atomic mass is 19.1. The van der Waals surface area contributed by atoms with Gasteiger partial charge in [-0.1, -0.05) is 0 Å². The Bertz CT molecular complexity index is 673. The summed E-state index contributed by atoms with van der Waals surface area (Å²) in [4.78, 5) is 8.88. The number of aliphatic hydroxyl groups is 1. The fourth-order valence-corrected chi connectivity index (χ4v) is 2.27. The van der Waals surface area contributed by atoms with E-state index >= 15 is 0 Å². The van der Waals surface area contributed by atoms with Crippen molar-refractivity contribution in [3.63, 3.8) is 0 Å². The molecule has 0 atom stereocenters. The van der Waals surface area contributed by atoms with Gasteiger partial charge in [-0.25, -0.2) is 9.37 Å². The van der Waals surface area contributed by atoms with E-state index in [0.29, 0.717) is 24.2 Å². The molecule has 3 rings (SSSR count). The Kier molecular flexibility index (Phi) is 4.20. The summed E-state index contributed by atoms with van der Waals surface area (Å²) in [6.45, 7) is 2.28. The third-order valence-corrected chi connectivity index (χ3v) is 3.59. The zero-order chi connectivity index (χ0) is 15.5. The zero-order valence-electron chi connectivity index (χ0n) is 12.4. The lowest BCUT2D eigenvalue weighted by Crippen LogP contribution is -2.10. The second kappa shape index (κ2) is 6.27. The summed E-state index contributed by atoms with van der Waals surface area (Å²) in [5.41, 5.74) is 2.63. The molecule has 3 N–H and O–H groups in total. The molecular weight excluding hydrogens is 283 g/mol. The van der Waals surface area contributed by atoms with Gasteiger partial charge in [-0.2, -0.15) is 4.98 Å². The first-order valence-electron chi connectivity index (χ1n) is 7.42. The molecule has 0 radical (unpaired) electrons. The number of aryl methyl sites for hydroxylation is 1. The monoisotopic (exact) mass is 302 g/mol. The van der Waals surface area contributed by atoms with Gasteiger partial charge in [0.15, 0.2) is 0 Å². The highest BCUT2D eigenvalue weighted by Gasteiger charge is 2.26. The molecule has 1 heterocycles. The fourth-order valence-electron chi connectivity index (χ4n) is 2.27. The van der Waals surface area contributed by atoms with Gasteiger partial charge in [-0.05, 0) is 43.5 Å². The molecule has 0 saturated heterocycles. The highest BCUT2D eigenvalue weighted by molar-refractivity contribution is 5.61. The van der Waals surface area contributed by atoms with E-state index in [2.05, 4.69) is 20.6 Å². The van der Waals surface area contributed by atoms with Crippen LogP contribution in [0.5, 0.6) is 0 Å². The van der Waals surface area contributed by atoms with Crippen molar-refractivity contribution in [3.05, 3.63) is 41.3 Å². The average Bonchev–Trinajstić information content (AvgIpc) is 3.33. The van der Waals surface area contributed by atoms with Crippen LogP contribution in [0.4, 0.5) is 21.8 Å². The maximum absolute atomic E-state index is 13.2. The number of aromatic nitrogens is 2. The normalized spacial score (nSPS) is 14.0. The van der Waals surface area contributed by atoms with Crippen LogP contribution in [-0.2, 0) is 0 Å². The topological polar surface area (TPSA) is 70.1 Å². The van der Waals surface area contributed by atoms with Crippen LogP contribution in [0.15, 0.2) is 24.3 Å². The van der Waals surface area contributed by atoms with Gasteiger partial charge in [0.2, 0.25) is 5.95 Å². The van der Waals surface area contributed by atoms with Gasteiger partial charge in [-0.15, -0.1) is 0 Å². The van der Waals surface area contributed by atoms with Crippen LogP contribution < -0.4 is 10.6 Å². The average molecular weight is 302 g/mol. The molecule has 6 heteroatoms. The van der Waals surface area contributed by atoms with Gasteiger partial charge in [0.1, 0.15) is 11.6 Å². The van der Waals surface area contributed by atoms with Crippen LogP contribution in [0, 0.1) is 12.7 Å². The van der Waals surface area contributed by atoms with E-state index in [1.807, 2.05) is 13.0 Å². The molecule has 1 aromatic heterocycles. The molecule has 1 aromatic carbocycles. The summed E-state index contributed by atoms with van der Waals surface area (Å²) in [7, 11) is 0. The molecule has 2 aromatic rings. The Morgan fingerprint density at radius 2 is 2.09 bits per heavy atom. The van der Waals surface area contributed by atoms with Gasteiger partial charge >= 0.3 is 0 Å². The third-order valence-electron chi connectivity index (χ3n) is 3.59. The number of aliphatic hydroxyl groups excluding tert-OH is 1. The van der Waals surface area contributed by atoms with Crippen LogP contribution in [0.2, 0.25) is 0 Å². The first-order chi connectivity index (χ1) is 10.7. The molecular formula is C16H19FN4O. The predicted molar refractivity (Wildman–Crippen MR) is 84.0 cm³/mol. The molecule has 0 unspecified atom stereocenters. The summed E-state index contributed by atoms with van der Waals surface area (Å²) < 4.78 is 13.2. The van der Waals surface area contributed by atoms with Crippen LogP contribution in [0.1, 0.15) is 30.0 Å². The van der Waals surface area contributed by atoms with Gasteiger partial charge in [0.05, 0.1) is 12.3 Å². The first kappa shape index (κ1) is 14.7. The second-order valence-electron chi connectivity index (χ2n) is 5.51. The van der Waals surface area contributed by atoms with Crippen molar-refractivity contribution >= 4 is 17.5 Å². The summed E-state index contributed by atoms with van der Waals surface area (Å²) >= 11 is 0. The van der Waals surface area contributed by atoms with E-state index in [-0.39, 0.29) is 12.4 Å². The van der Waals surface area contributed by atoms with Crippen LogP contribution in [0.25, 0.3) is 0 Å². The number of hydrogen-bond donors (Lipinski definition) is 3. The Balaban J connectivity index is 1.86. The second-order valence-corrected chi connectivity index (χ2v) is 5.51. The van der Waals surface area contributed by atoms with Crippen molar-refractivity contribution in [2.24, 2.45) is 0 Å². The summed E-state index contributed by atoms with van der Waals surface area (Å²) in [5, 5.41) is 15.1. The highest BCUT2D eigenvalue weighted by Crippen LogP contribution is 2.40. The third kappa shape index (κ3) is 3.51. The number of anilines is 3. The van der Waals surface area contributed by atoms with Gasteiger partial charge in [0, 0.05) is 24.2 Å². The molecule has 1 aliphatic carbocycles. The van der Waals surface area contributed by atoms with Crippen molar-refractivity contribution in [1.82, 2.24) is 9.97 Å². The molecule has 0 bridgehead atoms. The van der Waals surface area contributed by atoms with E-state index in [9.17, 15) is 4.39 Å². The molecule has 0 amide bonds. The van der Waals surface area contributed by atoms with Crippen molar-refractivity contribution in [2.75, 3.05) is 23.8 Å². The Morgan fingerprint density at radius 3 is 2.77 bits per heavy atom. The maximum atomic E-state index is 13.2. The lowest BCUT2D eigenvalue weighted by molar-refractivity contribution is 0.311. The van der Waals surface area contributed by atoms with Crippen molar-refractivity contribution in [1.29, 1.82) is 0 Å². The number of hydrogen-bond acceptors (Lipinski definition) is 5. The number of nitrogens with one attached hydrogen (secondary N) is 2. The zero-order valence-corrected chi connectivity index (χ0v) is 12.4. The van der Waals surface area contributed by atoms with E-state index in [1.165, 1.54) is 12.1 Å². The quantitative estimate of drug-likeness (QED) is 0.765. The van der Waals surface area contributed by atoms with Gasteiger partial charge < -0.3 is 15.7 Å². The summed E-state index contributed by atoms with van der Waals surface area (Å²) in [5.74, 6) is 1.41. The number of halogens is 1. The fraction of sp³-hybridized carbons (Fsp3) is 0.375.